The molecule has 1 aromatic heterocycles. The topological polar surface area (TPSA) is 51.0 Å². The quantitative estimate of drug-likeness (QED) is 0.572. The zero-order valence-electron chi connectivity index (χ0n) is 14.1. The van der Waals surface area contributed by atoms with Crippen molar-refractivity contribution in [2.24, 2.45) is 0 Å². The van der Waals surface area contributed by atoms with E-state index < -0.39 is 0 Å². The predicted molar refractivity (Wildman–Crippen MR) is 96.2 cm³/mol. The van der Waals surface area contributed by atoms with Crippen molar-refractivity contribution in [2.45, 2.75) is 36.2 Å². The normalized spacial score (nSPS) is 13.8. The van der Waals surface area contributed by atoms with E-state index in [4.69, 9.17) is 0 Å². The van der Waals surface area contributed by atoms with Crippen molar-refractivity contribution in [3.63, 3.8) is 0 Å². The van der Waals surface area contributed by atoms with Gasteiger partial charge in [0.2, 0.25) is 0 Å². The number of rotatable bonds is 7. The number of hydrogen-bond acceptors (Lipinski definition) is 4. The Hall–Kier alpha value is -2.08. The third kappa shape index (κ3) is 3.70. The molecule has 0 unspecified atom stereocenters. The highest BCUT2D eigenvalue weighted by atomic mass is 32.2. The smallest absolute Gasteiger partial charge is 0.253 e. The molecule has 1 aromatic carbocycles. The first-order valence-corrected chi connectivity index (χ1v) is 9.06. The molecule has 1 saturated carbocycles. The van der Waals surface area contributed by atoms with Crippen LogP contribution in [0.4, 0.5) is 0 Å². The van der Waals surface area contributed by atoms with Gasteiger partial charge in [-0.1, -0.05) is 30.0 Å². The van der Waals surface area contributed by atoms with Crippen LogP contribution in [0.25, 0.3) is 0 Å². The largest absolute Gasteiger partial charge is 0.345 e. The lowest BCUT2D eigenvalue weighted by Gasteiger charge is -2.11. The van der Waals surface area contributed by atoms with Crippen LogP contribution in [0.5, 0.6) is 0 Å². The van der Waals surface area contributed by atoms with Gasteiger partial charge >= 0.3 is 0 Å². The molecule has 24 heavy (non-hydrogen) atoms. The lowest BCUT2D eigenvalue weighted by atomic mass is 10.1. The lowest BCUT2D eigenvalue weighted by molar-refractivity contribution is 0.0827. The number of nitrogens with zero attached hydrogens (tertiary/aromatic N) is 4. The summed E-state index contributed by atoms with van der Waals surface area (Å²) in [5.74, 6) is 2.42. The maximum Gasteiger partial charge on any atom is 0.253 e. The number of carbonyl (C=O) groups is 1. The predicted octanol–water partition coefficient (Wildman–Crippen LogP) is 3.34. The van der Waals surface area contributed by atoms with Crippen LogP contribution in [-0.4, -0.2) is 39.7 Å². The summed E-state index contributed by atoms with van der Waals surface area (Å²) in [4.78, 5) is 13.7. The molecule has 0 saturated heterocycles. The number of allylic oxidation sites excluding steroid dienone is 1. The molecule has 0 N–H and O–H groups in total. The third-order valence-electron chi connectivity index (χ3n) is 3.95. The van der Waals surface area contributed by atoms with Crippen LogP contribution in [0, 0.1) is 0 Å². The molecule has 5 nitrogen and oxygen atoms in total. The van der Waals surface area contributed by atoms with Crippen molar-refractivity contribution >= 4 is 17.7 Å². The van der Waals surface area contributed by atoms with E-state index in [1.54, 1.807) is 30.8 Å². The summed E-state index contributed by atoms with van der Waals surface area (Å²) >= 11 is 1.65. The van der Waals surface area contributed by atoms with Crippen molar-refractivity contribution in [3.05, 3.63) is 53.9 Å². The highest BCUT2D eigenvalue weighted by Gasteiger charge is 2.30. The summed E-state index contributed by atoms with van der Waals surface area (Å²) in [6.07, 6.45) is 4.29. The summed E-state index contributed by atoms with van der Waals surface area (Å²) in [5, 5.41) is 9.63. The molecule has 126 valence electrons. The summed E-state index contributed by atoms with van der Waals surface area (Å²) in [6.45, 7) is 4.57. The van der Waals surface area contributed by atoms with Gasteiger partial charge in [0.15, 0.2) is 5.16 Å². The number of benzene rings is 1. The zero-order valence-corrected chi connectivity index (χ0v) is 14.9. The fourth-order valence-electron chi connectivity index (χ4n) is 2.55. The number of hydrogen-bond donors (Lipinski definition) is 0. The number of thioether (sulfide) groups is 1. The van der Waals surface area contributed by atoms with Crippen LogP contribution in [0.15, 0.2) is 42.1 Å². The molecule has 1 aliphatic rings. The Morgan fingerprint density at radius 1 is 1.42 bits per heavy atom. The summed E-state index contributed by atoms with van der Waals surface area (Å²) < 4.78 is 2.16. The Bertz CT molecular complexity index is 749. The van der Waals surface area contributed by atoms with Gasteiger partial charge in [-0.25, -0.2) is 0 Å². The van der Waals surface area contributed by atoms with Gasteiger partial charge in [-0.05, 0) is 30.5 Å². The van der Waals surface area contributed by atoms with Gasteiger partial charge in [-0.15, -0.1) is 16.8 Å². The molecule has 0 aliphatic heterocycles. The van der Waals surface area contributed by atoms with E-state index in [0.717, 1.165) is 28.8 Å². The van der Waals surface area contributed by atoms with Crippen molar-refractivity contribution in [2.75, 3.05) is 14.1 Å². The Kier molecular flexibility index (Phi) is 5.04. The van der Waals surface area contributed by atoms with E-state index in [2.05, 4.69) is 21.3 Å². The standard InChI is InChI=1S/C18H22N4OS/c1-4-10-22-16(14-8-9-14)19-20-18(22)24-12-13-6-5-7-15(11-13)17(23)21(2)3/h4-7,11,14H,1,8-10,12H2,2-3H3. The van der Waals surface area contributed by atoms with Gasteiger partial charge in [0.05, 0.1) is 0 Å². The highest BCUT2D eigenvalue weighted by Crippen LogP contribution is 2.40. The lowest BCUT2D eigenvalue weighted by Crippen LogP contribution is -2.21. The zero-order chi connectivity index (χ0) is 17.1. The molecule has 6 heteroatoms. The molecule has 1 amide bonds. The molecule has 3 rings (SSSR count). The molecule has 2 aromatic rings. The molecular weight excluding hydrogens is 320 g/mol. The molecule has 1 heterocycles. The summed E-state index contributed by atoms with van der Waals surface area (Å²) in [6, 6.07) is 7.76. The van der Waals surface area contributed by atoms with Gasteiger partial charge in [-0.2, -0.15) is 0 Å². The first-order chi connectivity index (χ1) is 11.6. The Morgan fingerprint density at radius 2 is 2.21 bits per heavy atom. The van der Waals surface area contributed by atoms with Gasteiger partial charge in [0.1, 0.15) is 5.82 Å². The molecule has 1 aliphatic carbocycles. The molecule has 0 atom stereocenters. The second-order valence-electron chi connectivity index (χ2n) is 6.20. The van der Waals surface area contributed by atoms with Gasteiger partial charge < -0.3 is 9.47 Å². The van der Waals surface area contributed by atoms with Crippen LogP contribution in [0.2, 0.25) is 0 Å². The number of aromatic nitrogens is 3. The van der Waals surface area contributed by atoms with Gasteiger partial charge in [0, 0.05) is 37.9 Å². The average Bonchev–Trinajstić information content (AvgIpc) is 3.35. The minimum Gasteiger partial charge on any atom is -0.345 e. The van der Waals surface area contributed by atoms with Gasteiger partial charge in [0.25, 0.3) is 5.91 Å². The van der Waals surface area contributed by atoms with Crippen molar-refractivity contribution < 1.29 is 4.79 Å². The molecule has 0 bridgehead atoms. The maximum absolute atomic E-state index is 12.1. The third-order valence-corrected chi connectivity index (χ3v) is 4.99. The van der Waals surface area contributed by atoms with E-state index in [9.17, 15) is 4.79 Å². The Morgan fingerprint density at radius 3 is 2.88 bits per heavy atom. The van der Waals surface area contributed by atoms with Crippen LogP contribution in [0.3, 0.4) is 0 Å². The monoisotopic (exact) mass is 342 g/mol. The number of carbonyl (C=O) groups excluding carboxylic acids is 1. The van der Waals surface area contributed by atoms with E-state index in [-0.39, 0.29) is 5.91 Å². The molecule has 0 spiro atoms. The van der Waals surface area contributed by atoms with Crippen molar-refractivity contribution in [3.8, 4) is 0 Å². The molecular formula is C18H22N4OS. The van der Waals surface area contributed by atoms with E-state index >= 15 is 0 Å². The highest BCUT2D eigenvalue weighted by molar-refractivity contribution is 7.98. The first kappa shape index (κ1) is 16.8. The van der Waals surface area contributed by atoms with E-state index in [1.165, 1.54) is 12.8 Å². The molecule has 0 radical (unpaired) electrons. The van der Waals surface area contributed by atoms with Crippen molar-refractivity contribution in [1.29, 1.82) is 0 Å². The van der Waals surface area contributed by atoms with Crippen LogP contribution in [0.1, 0.15) is 40.5 Å². The fourth-order valence-corrected chi connectivity index (χ4v) is 3.45. The maximum atomic E-state index is 12.1. The van der Waals surface area contributed by atoms with E-state index in [1.807, 2.05) is 30.3 Å². The summed E-state index contributed by atoms with van der Waals surface area (Å²) in [5.41, 5.74) is 1.82. The Labute approximate surface area is 146 Å². The molecule has 1 fully saturated rings. The fraction of sp³-hybridized carbons (Fsp3) is 0.389. The second kappa shape index (κ2) is 7.21. The van der Waals surface area contributed by atoms with Crippen LogP contribution < -0.4 is 0 Å². The van der Waals surface area contributed by atoms with Crippen molar-refractivity contribution in [1.82, 2.24) is 19.7 Å². The minimum absolute atomic E-state index is 0.0210. The van der Waals surface area contributed by atoms with E-state index in [0.29, 0.717) is 11.5 Å². The number of amides is 1. The minimum atomic E-state index is 0.0210. The SMILES string of the molecule is C=CCn1c(SCc2cccc(C(=O)N(C)C)c2)nnc1C1CC1. The summed E-state index contributed by atoms with van der Waals surface area (Å²) in [7, 11) is 3.53. The second-order valence-corrected chi connectivity index (χ2v) is 7.15. The first-order valence-electron chi connectivity index (χ1n) is 8.07. The van der Waals surface area contributed by atoms with Gasteiger partial charge in [-0.3, -0.25) is 4.79 Å². The van der Waals surface area contributed by atoms with Crippen LogP contribution >= 0.6 is 11.8 Å². The van der Waals surface area contributed by atoms with Crippen LogP contribution in [-0.2, 0) is 12.3 Å². The average molecular weight is 342 g/mol. The Balaban J connectivity index is 1.73.